The van der Waals surface area contributed by atoms with Crippen LogP contribution in [0.4, 0.5) is 13.2 Å². The van der Waals surface area contributed by atoms with Crippen LogP contribution in [0.1, 0.15) is 17.7 Å². The highest BCUT2D eigenvalue weighted by Crippen LogP contribution is 2.42. The third kappa shape index (κ3) is 4.73. The van der Waals surface area contributed by atoms with Gasteiger partial charge in [0.25, 0.3) is 0 Å². The molecule has 2 rings (SSSR count). The summed E-state index contributed by atoms with van der Waals surface area (Å²) < 4.78 is 42.3. The first-order valence-corrected chi connectivity index (χ1v) is 8.53. The molecule has 6 heteroatoms. The highest BCUT2D eigenvalue weighted by molar-refractivity contribution is 7.99. The van der Waals surface area contributed by atoms with Gasteiger partial charge in [-0.1, -0.05) is 24.8 Å². The molecule has 0 aliphatic carbocycles. The van der Waals surface area contributed by atoms with Crippen molar-refractivity contribution in [1.29, 1.82) is 0 Å². The molecule has 0 N–H and O–H groups in total. The number of aldehydes is 1. The second kappa shape index (κ2) is 9.20. The fraction of sp³-hybridized carbons (Fsp3) is 0.100. The number of hydrogen-bond donors (Lipinski definition) is 0. The molecule has 0 amide bonds. The summed E-state index contributed by atoms with van der Waals surface area (Å²) in [7, 11) is 0. The highest BCUT2D eigenvalue weighted by Gasteiger charge is 2.25. The van der Waals surface area contributed by atoms with E-state index in [2.05, 4.69) is 11.6 Å². The lowest BCUT2D eigenvalue weighted by Gasteiger charge is -2.19. The van der Waals surface area contributed by atoms with E-state index >= 15 is 0 Å². The molecule has 0 fully saturated rings. The number of rotatable bonds is 7. The Balaban J connectivity index is 2.54. The molecule has 0 aliphatic rings. The predicted octanol–water partition coefficient (Wildman–Crippen LogP) is 5.67. The van der Waals surface area contributed by atoms with Crippen molar-refractivity contribution >= 4 is 23.8 Å². The van der Waals surface area contributed by atoms with E-state index in [9.17, 15) is 18.0 Å². The van der Waals surface area contributed by atoms with Crippen LogP contribution in [-0.2, 0) is 4.79 Å². The third-order valence-corrected chi connectivity index (χ3v) is 4.89. The molecule has 1 atom stereocenters. The first-order chi connectivity index (χ1) is 12.5. The minimum atomic E-state index is -1.24. The van der Waals surface area contributed by atoms with E-state index in [1.165, 1.54) is 12.3 Å². The fourth-order valence-corrected chi connectivity index (χ4v) is 3.34. The van der Waals surface area contributed by atoms with E-state index in [1.807, 2.05) is 6.07 Å². The molecule has 0 heterocycles. The molecule has 0 aliphatic heterocycles. The van der Waals surface area contributed by atoms with Crippen LogP contribution in [0.2, 0.25) is 0 Å². The minimum Gasteiger partial charge on any atom is -0.296 e. The van der Waals surface area contributed by atoms with Gasteiger partial charge in [-0.05, 0) is 42.8 Å². The van der Waals surface area contributed by atoms with Crippen LogP contribution in [0.3, 0.4) is 0 Å². The summed E-state index contributed by atoms with van der Waals surface area (Å²) in [4.78, 5) is 15.5. The quantitative estimate of drug-likeness (QED) is 0.270. The third-order valence-electron chi connectivity index (χ3n) is 3.50. The van der Waals surface area contributed by atoms with E-state index in [1.54, 1.807) is 31.2 Å². The standard InChI is InChI=1S/C20H16F3NOS/c1-3-14(12-25)24-11-13(2)20(26-15-7-5-4-6-8-15)18-16(21)9-10-17(22)19(18)23/h3-12,20H,1H2,2H3/b13-11+,24-14?. The molecular weight excluding hydrogens is 359 g/mol. The summed E-state index contributed by atoms with van der Waals surface area (Å²) in [5.74, 6) is -3.22. The molecule has 2 aromatic carbocycles. The molecule has 0 saturated heterocycles. The van der Waals surface area contributed by atoms with Crippen LogP contribution >= 0.6 is 11.8 Å². The SMILES string of the molecule is C=CC(C=O)=N/C=C(\C)C(Sc1ccccc1)c1c(F)ccc(F)c1F. The molecule has 0 radical (unpaired) electrons. The van der Waals surface area contributed by atoms with Gasteiger partial charge in [0.2, 0.25) is 0 Å². The zero-order valence-corrected chi connectivity index (χ0v) is 14.8. The minimum absolute atomic E-state index is 0.0768. The number of carbonyl (C=O) groups excluding carboxylic acids is 1. The van der Waals surface area contributed by atoms with Crippen molar-refractivity contribution in [3.05, 3.63) is 89.9 Å². The van der Waals surface area contributed by atoms with Gasteiger partial charge < -0.3 is 0 Å². The first-order valence-electron chi connectivity index (χ1n) is 7.65. The number of nitrogens with zero attached hydrogens (tertiary/aromatic N) is 1. The fourth-order valence-electron chi connectivity index (χ4n) is 2.17. The molecule has 134 valence electrons. The Morgan fingerprint density at radius 2 is 1.77 bits per heavy atom. The van der Waals surface area contributed by atoms with Crippen molar-refractivity contribution in [2.45, 2.75) is 17.1 Å². The smallest absolute Gasteiger partial charge is 0.168 e. The van der Waals surface area contributed by atoms with Crippen molar-refractivity contribution in [3.8, 4) is 0 Å². The number of carbonyl (C=O) groups is 1. The summed E-state index contributed by atoms with van der Waals surface area (Å²) in [5, 5.41) is -0.866. The number of hydrogen-bond acceptors (Lipinski definition) is 3. The molecule has 0 saturated carbocycles. The lowest BCUT2D eigenvalue weighted by Crippen LogP contribution is -2.06. The van der Waals surface area contributed by atoms with Gasteiger partial charge in [0.05, 0.1) is 5.25 Å². The zero-order chi connectivity index (χ0) is 19.1. The second-order valence-electron chi connectivity index (χ2n) is 5.32. The van der Waals surface area contributed by atoms with Crippen LogP contribution in [0.25, 0.3) is 0 Å². The molecule has 0 aromatic heterocycles. The zero-order valence-electron chi connectivity index (χ0n) is 14.0. The van der Waals surface area contributed by atoms with Crippen molar-refractivity contribution in [3.63, 3.8) is 0 Å². The topological polar surface area (TPSA) is 29.4 Å². The number of aliphatic imine (C=N–C) groups is 1. The maximum Gasteiger partial charge on any atom is 0.168 e. The van der Waals surface area contributed by atoms with Crippen molar-refractivity contribution < 1.29 is 18.0 Å². The van der Waals surface area contributed by atoms with Crippen LogP contribution in [0, 0.1) is 17.5 Å². The predicted molar refractivity (Wildman–Crippen MR) is 98.8 cm³/mol. The Kier molecular flexibility index (Phi) is 6.97. The molecule has 26 heavy (non-hydrogen) atoms. The lowest BCUT2D eigenvalue weighted by atomic mass is 10.0. The van der Waals surface area contributed by atoms with E-state index in [-0.39, 0.29) is 5.71 Å². The molecule has 0 bridgehead atoms. The molecule has 0 spiro atoms. The summed E-state index contributed by atoms with van der Waals surface area (Å²) in [6.07, 6.45) is 3.11. The number of thioether (sulfide) groups is 1. The Morgan fingerprint density at radius 1 is 1.12 bits per heavy atom. The van der Waals surface area contributed by atoms with E-state index in [4.69, 9.17) is 0 Å². The second-order valence-corrected chi connectivity index (χ2v) is 6.50. The average Bonchev–Trinajstić information content (AvgIpc) is 2.65. The van der Waals surface area contributed by atoms with Crippen LogP contribution < -0.4 is 0 Å². The van der Waals surface area contributed by atoms with Gasteiger partial charge in [-0.15, -0.1) is 11.8 Å². The Bertz CT molecular complexity index is 853. The molecular formula is C20H16F3NOS. The van der Waals surface area contributed by atoms with Crippen molar-refractivity contribution in [2.75, 3.05) is 0 Å². The Labute approximate surface area is 154 Å². The summed E-state index contributed by atoms with van der Waals surface area (Å²) in [5.41, 5.74) is 0.130. The van der Waals surface area contributed by atoms with Gasteiger partial charge in [0.15, 0.2) is 17.9 Å². The lowest BCUT2D eigenvalue weighted by molar-refractivity contribution is -0.102. The monoisotopic (exact) mass is 375 g/mol. The van der Waals surface area contributed by atoms with E-state index in [0.717, 1.165) is 28.8 Å². The molecule has 2 aromatic rings. The van der Waals surface area contributed by atoms with Gasteiger partial charge in [-0.3, -0.25) is 9.79 Å². The van der Waals surface area contributed by atoms with E-state index in [0.29, 0.717) is 11.9 Å². The maximum atomic E-state index is 14.3. The number of halogens is 3. The first kappa shape index (κ1) is 19.7. The van der Waals surface area contributed by atoms with Crippen molar-refractivity contribution in [1.82, 2.24) is 0 Å². The normalized spacial score (nSPS) is 13.4. The summed E-state index contributed by atoms with van der Waals surface area (Å²) in [6, 6.07) is 10.6. The van der Waals surface area contributed by atoms with Gasteiger partial charge in [0, 0.05) is 16.7 Å². The van der Waals surface area contributed by atoms with Gasteiger partial charge >= 0.3 is 0 Å². The Hall–Kier alpha value is -2.60. The average molecular weight is 375 g/mol. The highest BCUT2D eigenvalue weighted by atomic mass is 32.2. The maximum absolute atomic E-state index is 14.3. The molecule has 1 unspecified atom stereocenters. The van der Waals surface area contributed by atoms with Crippen molar-refractivity contribution in [2.24, 2.45) is 4.99 Å². The van der Waals surface area contributed by atoms with Crippen LogP contribution in [0.5, 0.6) is 0 Å². The molecule has 2 nitrogen and oxygen atoms in total. The van der Waals surface area contributed by atoms with E-state index < -0.39 is 28.3 Å². The van der Waals surface area contributed by atoms with Gasteiger partial charge in [-0.25, -0.2) is 13.2 Å². The van der Waals surface area contributed by atoms with Crippen LogP contribution in [-0.4, -0.2) is 12.0 Å². The summed E-state index contributed by atoms with van der Waals surface area (Å²) >= 11 is 1.16. The van der Waals surface area contributed by atoms with Gasteiger partial charge in [-0.2, -0.15) is 0 Å². The number of allylic oxidation sites excluding steroid dienone is 1. The largest absolute Gasteiger partial charge is 0.296 e. The summed E-state index contributed by atoms with van der Waals surface area (Å²) in [6.45, 7) is 5.06. The number of benzene rings is 2. The van der Waals surface area contributed by atoms with Crippen LogP contribution in [0.15, 0.2) is 76.8 Å². The van der Waals surface area contributed by atoms with Gasteiger partial charge in [0.1, 0.15) is 11.5 Å². The Morgan fingerprint density at radius 3 is 2.38 bits per heavy atom.